The van der Waals surface area contributed by atoms with E-state index >= 15 is 0 Å². The molecular formula is C11H24BrNO2. The number of hydrogen-bond acceptors (Lipinski definition) is 2. The minimum atomic E-state index is 0. The second-order valence-electron chi connectivity index (χ2n) is 4.46. The Morgan fingerprint density at radius 1 is 1.00 bits per heavy atom. The lowest BCUT2D eigenvalue weighted by Crippen LogP contribution is -3.00. The zero-order valence-electron chi connectivity index (χ0n) is 10.0. The van der Waals surface area contributed by atoms with Gasteiger partial charge >= 0.3 is 0 Å². The number of piperidine rings is 1. The van der Waals surface area contributed by atoms with Gasteiger partial charge in [0.25, 0.3) is 0 Å². The summed E-state index contributed by atoms with van der Waals surface area (Å²) in [7, 11) is 4.06. The van der Waals surface area contributed by atoms with E-state index in [-0.39, 0.29) is 17.0 Å². The van der Waals surface area contributed by atoms with Crippen molar-refractivity contribution in [2.45, 2.75) is 19.3 Å². The van der Waals surface area contributed by atoms with Crippen LogP contribution >= 0.6 is 0 Å². The molecule has 0 spiro atoms. The molecule has 0 saturated carbocycles. The molecule has 3 nitrogen and oxygen atoms in total. The molecule has 1 rings (SSSR count). The van der Waals surface area contributed by atoms with Gasteiger partial charge in [-0.1, -0.05) is 0 Å². The maximum absolute atomic E-state index is 5.50. The van der Waals surface area contributed by atoms with Crippen LogP contribution in [0, 0.1) is 0 Å². The maximum atomic E-state index is 5.50. The van der Waals surface area contributed by atoms with Crippen molar-refractivity contribution >= 4 is 0 Å². The van der Waals surface area contributed by atoms with Crippen LogP contribution in [0.3, 0.4) is 0 Å². The van der Waals surface area contributed by atoms with Crippen molar-refractivity contribution in [3.8, 4) is 0 Å². The first kappa shape index (κ1) is 15.4. The van der Waals surface area contributed by atoms with Crippen molar-refractivity contribution in [3.05, 3.63) is 0 Å². The summed E-state index contributed by atoms with van der Waals surface area (Å²) < 4.78 is 11.6. The van der Waals surface area contributed by atoms with Gasteiger partial charge in [0, 0.05) is 7.11 Å². The highest BCUT2D eigenvalue weighted by molar-refractivity contribution is 4.51. The van der Waals surface area contributed by atoms with E-state index in [9.17, 15) is 0 Å². The largest absolute Gasteiger partial charge is 1.00 e. The Bertz CT molecular complexity index is 150. The number of methoxy groups -OCH3 is 1. The summed E-state index contributed by atoms with van der Waals surface area (Å²) in [6, 6.07) is 0. The molecule has 0 aromatic rings. The van der Waals surface area contributed by atoms with Gasteiger partial charge in [0.2, 0.25) is 0 Å². The Labute approximate surface area is 104 Å². The average molecular weight is 282 g/mol. The highest BCUT2D eigenvalue weighted by Gasteiger charge is 2.23. The fraction of sp³-hybridized carbons (Fsp3) is 1.00. The second kappa shape index (κ2) is 8.50. The minimum Gasteiger partial charge on any atom is -1.00 e. The monoisotopic (exact) mass is 281 g/mol. The summed E-state index contributed by atoms with van der Waals surface area (Å²) >= 11 is 0. The molecule has 1 saturated heterocycles. The normalized spacial score (nSPS) is 19.6. The number of nitrogens with zero attached hydrogens (tertiary/aromatic N) is 1. The van der Waals surface area contributed by atoms with E-state index in [0.29, 0.717) is 6.61 Å². The predicted octanol–water partition coefficient (Wildman–Crippen LogP) is -1.72. The van der Waals surface area contributed by atoms with Gasteiger partial charge in [-0.25, -0.2) is 0 Å². The zero-order chi connectivity index (χ0) is 10.3. The summed E-state index contributed by atoms with van der Waals surface area (Å²) in [6.07, 6.45) is 4.18. The molecule has 1 aliphatic rings. The molecule has 0 amide bonds. The van der Waals surface area contributed by atoms with Crippen molar-refractivity contribution in [2.24, 2.45) is 0 Å². The molecule has 1 heterocycles. The molecule has 92 valence electrons. The van der Waals surface area contributed by atoms with Gasteiger partial charge in [-0.05, 0) is 19.3 Å². The lowest BCUT2D eigenvalue weighted by atomic mass is 10.1. The van der Waals surface area contributed by atoms with Gasteiger partial charge in [0.15, 0.2) is 0 Å². The van der Waals surface area contributed by atoms with E-state index < -0.39 is 0 Å². The molecular weight excluding hydrogens is 258 g/mol. The molecule has 15 heavy (non-hydrogen) atoms. The van der Waals surface area contributed by atoms with Gasteiger partial charge < -0.3 is 30.9 Å². The van der Waals surface area contributed by atoms with Gasteiger partial charge in [-0.15, -0.1) is 0 Å². The molecule has 0 unspecified atom stereocenters. The smallest absolute Gasteiger partial charge is 0.102 e. The molecule has 0 N–H and O–H groups in total. The van der Waals surface area contributed by atoms with Crippen molar-refractivity contribution in [1.29, 1.82) is 0 Å². The van der Waals surface area contributed by atoms with Crippen LogP contribution in [0.4, 0.5) is 0 Å². The Hall–Kier alpha value is 0.360. The topological polar surface area (TPSA) is 18.5 Å². The average Bonchev–Trinajstić information content (AvgIpc) is 2.18. The van der Waals surface area contributed by atoms with Crippen LogP contribution < -0.4 is 17.0 Å². The van der Waals surface area contributed by atoms with Gasteiger partial charge in [0.1, 0.15) is 6.54 Å². The third-order valence-corrected chi connectivity index (χ3v) is 3.10. The minimum absolute atomic E-state index is 0. The second-order valence-corrected chi connectivity index (χ2v) is 4.46. The van der Waals surface area contributed by atoms with Crippen LogP contribution in [0.5, 0.6) is 0 Å². The summed E-state index contributed by atoms with van der Waals surface area (Å²) in [5, 5.41) is 0. The number of rotatable bonds is 6. The van der Waals surface area contributed by atoms with Crippen molar-refractivity contribution < 1.29 is 30.9 Å². The first-order valence-corrected chi connectivity index (χ1v) is 5.67. The third-order valence-electron chi connectivity index (χ3n) is 3.10. The Kier molecular flexibility index (Phi) is 8.71. The van der Waals surface area contributed by atoms with Crippen molar-refractivity contribution in [2.75, 3.05) is 53.6 Å². The first-order chi connectivity index (χ1) is 6.77. The van der Waals surface area contributed by atoms with E-state index in [0.717, 1.165) is 19.8 Å². The van der Waals surface area contributed by atoms with E-state index in [1.807, 2.05) is 0 Å². The molecule has 0 atom stereocenters. The number of hydrogen-bond donors (Lipinski definition) is 0. The molecule has 0 aliphatic carbocycles. The lowest BCUT2D eigenvalue weighted by molar-refractivity contribution is -0.914. The standard InChI is InChI=1S/C11H24NO2.BrH/c1-12(6-4-3-5-7-12)8-9-14-11-10-13-2;/h3-11H2,1-2H3;1H/q+1;/p-1. The third kappa shape index (κ3) is 6.51. The lowest BCUT2D eigenvalue weighted by Gasteiger charge is -2.37. The van der Waals surface area contributed by atoms with E-state index in [4.69, 9.17) is 9.47 Å². The zero-order valence-corrected chi connectivity index (χ0v) is 11.6. The van der Waals surface area contributed by atoms with Crippen LogP contribution in [0.1, 0.15) is 19.3 Å². The number of likely N-dealkylation sites (N-methyl/N-ethyl adjacent to an activating group) is 1. The molecule has 1 fully saturated rings. The summed E-state index contributed by atoms with van der Waals surface area (Å²) in [5.74, 6) is 0. The van der Waals surface area contributed by atoms with Crippen molar-refractivity contribution in [1.82, 2.24) is 0 Å². The summed E-state index contributed by atoms with van der Waals surface area (Å²) in [4.78, 5) is 0. The molecule has 4 heteroatoms. The predicted molar refractivity (Wildman–Crippen MR) is 57.3 cm³/mol. The van der Waals surface area contributed by atoms with Crippen LogP contribution in [-0.4, -0.2) is 58.1 Å². The fourth-order valence-electron chi connectivity index (χ4n) is 2.03. The van der Waals surface area contributed by atoms with E-state index in [1.54, 1.807) is 7.11 Å². The quantitative estimate of drug-likeness (QED) is 0.426. The highest BCUT2D eigenvalue weighted by Crippen LogP contribution is 2.15. The van der Waals surface area contributed by atoms with Gasteiger partial charge in [-0.2, -0.15) is 0 Å². The molecule has 0 aromatic carbocycles. The van der Waals surface area contributed by atoms with Crippen LogP contribution in [0.15, 0.2) is 0 Å². The summed E-state index contributed by atoms with van der Waals surface area (Å²) in [6.45, 7) is 6.13. The Morgan fingerprint density at radius 2 is 1.67 bits per heavy atom. The number of ether oxygens (including phenoxy) is 2. The van der Waals surface area contributed by atoms with Crippen LogP contribution in [-0.2, 0) is 9.47 Å². The Balaban J connectivity index is 0.00000196. The summed E-state index contributed by atoms with van der Waals surface area (Å²) in [5.41, 5.74) is 0. The SMILES string of the molecule is COCCOCC[N+]1(C)CCCCC1.[Br-]. The maximum Gasteiger partial charge on any atom is 0.102 e. The molecule has 0 radical (unpaired) electrons. The highest BCUT2D eigenvalue weighted by atomic mass is 79.9. The van der Waals surface area contributed by atoms with Crippen LogP contribution in [0.2, 0.25) is 0 Å². The Morgan fingerprint density at radius 3 is 2.27 bits per heavy atom. The number of quaternary nitrogens is 1. The molecule has 1 aliphatic heterocycles. The molecule has 0 aromatic heterocycles. The fourth-order valence-corrected chi connectivity index (χ4v) is 2.03. The van der Waals surface area contributed by atoms with E-state index in [1.165, 1.54) is 36.8 Å². The van der Waals surface area contributed by atoms with Gasteiger partial charge in [-0.3, -0.25) is 0 Å². The van der Waals surface area contributed by atoms with Gasteiger partial charge in [0.05, 0.1) is 40.0 Å². The van der Waals surface area contributed by atoms with E-state index in [2.05, 4.69) is 7.05 Å². The number of likely N-dealkylation sites (tertiary alicyclic amines) is 1. The first-order valence-electron chi connectivity index (χ1n) is 5.67. The molecule has 0 bridgehead atoms. The van der Waals surface area contributed by atoms with Crippen molar-refractivity contribution in [3.63, 3.8) is 0 Å². The number of halogens is 1. The van der Waals surface area contributed by atoms with Crippen LogP contribution in [0.25, 0.3) is 0 Å².